The SMILES string of the molecule is O=C1COc2cc(C(=O)Nc3ccccc3NC34CC5CC(CC(C5)C3)C4)ccc2N1. The number of anilines is 3. The molecule has 6 nitrogen and oxygen atoms in total. The Balaban J connectivity index is 1.22. The van der Waals surface area contributed by atoms with Crippen LogP contribution in [0.3, 0.4) is 0 Å². The van der Waals surface area contributed by atoms with Crippen LogP contribution in [0, 0.1) is 17.8 Å². The van der Waals surface area contributed by atoms with Gasteiger partial charge < -0.3 is 20.7 Å². The number of carbonyl (C=O) groups excluding carboxylic acids is 2. The van der Waals surface area contributed by atoms with Gasteiger partial charge in [0.15, 0.2) is 6.61 Å². The van der Waals surface area contributed by atoms with E-state index in [4.69, 9.17) is 4.74 Å². The Labute approximate surface area is 181 Å². The zero-order valence-corrected chi connectivity index (χ0v) is 17.4. The van der Waals surface area contributed by atoms with Gasteiger partial charge in [-0.05, 0) is 86.6 Å². The Morgan fingerprint density at radius 3 is 2.35 bits per heavy atom. The normalized spacial score (nSPS) is 30.2. The molecule has 4 saturated carbocycles. The van der Waals surface area contributed by atoms with Crippen molar-refractivity contribution in [2.75, 3.05) is 22.6 Å². The lowest BCUT2D eigenvalue weighted by Crippen LogP contribution is -2.54. The smallest absolute Gasteiger partial charge is 0.262 e. The predicted octanol–water partition coefficient (Wildman–Crippen LogP) is 4.65. The van der Waals surface area contributed by atoms with Crippen LogP contribution in [0.2, 0.25) is 0 Å². The Morgan fingerprint density at radius 2 is 1.65 bits per heavy atom. The highest BCUT2D eigenvalue weighted by molar-refractivity contribution is 6.07. The van der Waals surface area contributed by atoms with E-state index in [0.29, 0.717) is 17.0 Å². The summed E-state index contributed by atoms with van der Waals surface area (Å²) in [4.78, 5) is 24.5. The van der Waals surface area contributed by atoms with Gasteiger partial charge in [0, 0.05) is 11.1 Å². The van der Waals surface area contributed by atoms with E-state index in [1.54, 1.807) is 18.2 Å². The van der Waals surface area contributed by atoms with Crippen LogP contribution in [0.15, 0.2) is 42.5 Å². The monoisotopic (exact) mass is 417 g/mol. The predicted molar refractivity (Wildman–Crippen MR) is 119 cm³/mol. The zero-order valence-electron chi connectivity index (χ0n) is 17.4. The molecule has 0 aromatic heterocycles. The molecule has 0 spiro atoms. The second-order valence-corrected chi connectivity index (χ2v) is 9.87. The Morgan fingerprint density at radius 1 is 0.968 bits per heavy atom. The number of fused-ring (bicyclic) bond motifs is 1. The third-order valence-corrected chi connectivity index (χ3v) is 7.49. The first-order valence-corrected chi connectivity index (χ1v) is 11.3. The van der Waals surface area contributed by atoms with E-state index in [-0.39, 0.29) is 24.0 Å². The van der Waals surface area contributed by atoms with Gasteiger partial charge in [-0.25, -0.2) is 0 Å². The van der Waals surface area contributed by atoms with Crippen molar-refractivity contribution in [1.82, 2.24) is 0 Å². The Bertz CT molecular complexity index is 1030. The van der Waals surface area contributed by atoms with Gasteiger partial charge in [0.25, 0.3) is 11.8 Å². The fraction of sp³-hybridized carbons (Fsp3) is 0.440. The van der Waals surface area contributed by atoms with Crippen LogP contribution in [0.1, 0.15) is 48.9 Å². The lowest BCUT2D eigenvalue weighted by Gasteiger charge is -2.57. The van der Waals surface area contributed by atoms with Crippen LogP contribution in [-0.2, 0) is 4.79 Å². The molecule has 4 fully saturated rings. The quantitative estimate of drug-likeness (QED) is 0.677. The maximum absolute atomic E-state index is 13.0. The number of hydrogen-bond acceptors (Lipinski definition) is 4. The van der Waals surface area contributed by atoms with Crippen molar-refractivity contribution in [2.24, 2.45) is 17.8 Å². The van der Waals surface area contributed by atoms with Crippen molar-refractivity contribution in [3.8, 4) is 5.75 Å². The molecule has 2 aromatic carbocycles. The van der Waals surface area contributed by atoms with Crippen molar-refractivity contribution in [2.45, 2.75) is 44.1 Å². The molecule has 2 amide bonds. The minimum atomic E-state index is -0.192. The van der Waals surface area contributed by atoms with Gasteiger partial charge in [-0.3, -0.25) is 9.59 Å². The van der Waals surface area contributed by atoms with E-state index in [2.05, 4.69) is 22.0 Å². The van der Waals surface area contributed by atoms with Crippen molar-refractivity contribution in [3.63, 3.8) is 0 Å². The molecule has 6 heteroatoms. The molecule has 0 unspecified atom stereocenters. The summed E-state index contributed by atoms with van der Waals surface area (Å²) in [5.74, 6) is 2.72. The third kappa shape index (κ3) is 3.44. The number of nitrogens with one attached hydrogen (secondary N) is 3. The molecule has 1 aliphatic heterocycles. The van der Waals surface area contributed by atoms with E-state index in [0.717, 1.165) is 29.1 Å². The average molecular weight is 418 g/mol. The molecule has 3 N–H and O–H groups in total. The van der Waals surface area contributed by atoms with Crippen LogP contribution in [0.4, 0.5) is 17.1 Å². The number of rotatable bonds is 4. The van der Waals surface area contributed by atoms with E-state index in [1.807, 2.05) is 18.2 Å². The first-order valence-electron chi connectivity index (χ1n) is 11.3. The van der Waals surface area contributed by atoms with Crippen LogP contribution < -0.4 is 20.7 Å². The summed E-state index contributed by atoms with van der Waals surface area (Å²) in [5.41, 5.74) is 3.07. The lowest BCUT2D eigenvalue weighted by atomic mass is 9.53. The second kappa shape index (κ2) is 7.01. The average Bonchev–Trinajstić information content (AvgIpc) is 2.73. The topological polar surface area (TPSA) is 79.5 Å². The molecular formula is C25H27N3O3. The van der Waals surface area contributed by atoms with Crippen molar-refractivity contribution in [1.29, 1.82) is 0 Å². The van der Waals surface area contributed by atoms with Crippen molar-refractivity contribution < 1.29 is 14.3 Å². The molecule has 0 atom stereocenters. The number of para-hydroxylation sites is 2. The summed E-state index contributed by atoms with van der Waals surface area (Å²) >= 11 is 0. The van der Waals surface area contributed by atoms with Crippen LogP contribution in [0.5, 0.6) is 5.75 Å². The molecule has 5 aliphatic rings. The minimum Gasteiger partial charge on any atom is -0.482 e. The maximum Gasteiger partial charge on any atom is 0.262 e. The molecule has 1 heterocycles. The largest absolute Gasteiger partial charge is 0.482 e. The standard InChI is InChI=1S/C25H27N3O3/c29-23-14-31-22-10-18(5-6-21(22)26-23)24(30)27-19-3-1-2-4-20(19)28-25-11-15-7-16(12-25)9-17(8-15)13-25/h1-6,10,15-17,28H,7-9,11-14H2,(H,26,29)(H,27,30). The Kier molecular flexibility index (Phi) is 4.23. The zero-order chi connectivity index (χ0) is 21.0. The number of ether oxygens (including phenoxy) is 1. The van der Waals surface area contributed by atoms with Gasteiger partial charge >= 0.3 is 0 Å². The third-order valence-electron chi connectivity index (χ3n) is 7.49. The second-order valence-electron chi connectivity index (χ2n) is 9.87. The van der Waals surface area contributed by atoms with Crippen molar-refractivity contribution >= 4 is 28.9 Å². The molecule has 4 bridgehead atoms. The molecular weight excluding hydrogens is 390 g/mol. The van der Waals surface area contributed by atoms with E-state index in [1.165, 1.54) is 38.5 Å². The summed E-state index contributed by atoms with van der Waals surface area (Å²) in [6.07, 6.45) is 7.94. The highest BCUT2D eigenvalue weighted by Crippen LogP contribution is 2.56. The van der Waals surface area contributed by atoms with Gasteiger partial charge in [-0.1, -0.05) is 12.1 Å². The fourth-order valence-corrected chi connectivity index (χ4v) is 6.66. The summed E-state index contributed by atoms with van der Waals surface area (Å²) in [6.45, 7) is -0.0319. The van der Waals surface area contributed by atoms with E-state index >= 15 is 0 Å². The molecule has 0 radical (unpaired) electrons. The minimum absolute atomic E-state index is 0.0319. The maximum atomic E-state index is 13.0. The summed E-state index contributed by atoms with van der Waals surface area (Å²) in [6, 6.07) is 13.1. The van der Waals surface area contributed by atoms with Crippen LogP contribution in [0.25, 0.3) is 0 Å². The number of amides is 2. The molecule has 160 valence electrons. The number of hydrogen-bond donors (Lipinski definition) is 3. The van der Waals surface area contributed by atoms with Gasteiger partial charge in [0.2, 0.25) is 0 Å². The van der Waals surface area contributed by atoms with Crippen LogP contribution in [-0.4, -0.2) is 24.0 Å². The molecule has 2 aromatic rings. The van der Waals surface area contributed by atoms with Crippen molar-refractivity contribution in [3.05, 3.63) is 48.0 Å². The number of carbonyl (C=O) groups is 2. The molecule has 7 rings (SSSR count). The van der Waals surface area contributed by atoms with E-state index < -0.39 is 0 Å². The first-order chi connectivity index (χ1) is 15.1. The molecule has 31 heavy (non-hydrogen) atoms. The first kappa shape index (κ1) is 18.7. The highest BCUT2D eigenvalue weighted by Gasteiger charge is 2.51. The summed E-state index contributed by atoms with van der Waals surface area (Å²) in [5, 5.41) is 9.71. The van der Waals surface area contributed by atoms with Gasteiger partial charge in [0.1, 0.15) is 5.75 Å². The highest BCUT2D eigenvalue weighted by atomic mass is 16.5. The van der Waals surface area contributed by atoms with Gasteiger partial charge in [-0.2, -0.15) is 0 Å². The van der Waals surface area contributed by atoms with E-state index in [9.17, 15) is 9.59 Å². The lowest BCUT2D eigenvalue weighted by molar-refractivity contribution is -0.118. The van der Waals surface area contributed by atoms with Crippen LogP contribution >= 0.6 is 0 Å². The number of benzene rings is 2. The summed E-state index contributed by atoms with van der Waals surface area (Å²) < 4.78 is 5.45. The van der Waals surface area contributed by atoms with Gasteiger partial charge in [-0.15, -0.1) is 0 Å². The van der Waals surface area contributed by atoms with Gasteiger partial charge in [0.05, 0.1) is 17.1 Å². The molecule has 4 aliphatic carbocycles. The Hall–Kier alpha value is -3.02. The summed E-state index contributed by atoms with van der Waals surface area (Å²) in [7, 11) is 0. The fourth-order valence-electron chi connectivity index (χ4n) is 6.66. The molecule has 0 saturated heterocycles.